The third-order valence-corrected chi connectivity index (χ3v) is 5.78. The molecular weight excluding hydrogens is 331 g/mol. The van der Waals surface area contributed by atoms with Crippen molar-refractivity contribution in [3.05, 3.63) is 71.8 Å². The van der Waals surface area contributed by atoms with E-state index in [4.69, 9.17) is 0 Å². The fourth-order valence-corrected chi connectivity index (χ4v) is 4.23. The second kappa shape index (κ2) is 7.61. The fourth-order valence-electron chi connectivity index (χ4n) is 4.23. The number of rotatable bonds is 2. The molecule has 3 radical (unpaired) electrons. The van der Waals surface area contributed by atoms with E-state index in [0.29, 0.717) is 6.54 Å². The standard InChI is InChI=1S/C23H22N2O.B/c24-17-22(19-7-3-1-4-8-19,20-9-5-2-6-10-20)13-14-23(26)18-25-15-11-21(23)12-16-25;/h1-10,21,26H,11-12,15-16,18H2;. The lowest BCUT2D eigenvalue weighted by Gasteiger charge is -2.48. The maximum absolute atomic E-state index is 11.2. The number of nitrogens with zero attached hydrogens (tertiary/aromatic N) is 2. The molecule has 3 fully saturated rings. The topological polar surface area (TPSA) is 47.3 Å². The molecular formula is C23H22BN2O. The molecule has 1 N–H and O–H groups in total. The van der Waals surface area contributed by atoms with Gasteiger partial charge in [-0.1, -0.05) is 72.5 Å². The molecule has 1 atom stereocenters. The predicted octanol–water partition coefficient (Wildman–Crippen LogP) is 2.58. The molecule has 27 heavy (non-hydrogen) atoms. The van der Waals surface area contributed by atoms with Gasteiger partial charge in [-0.25, -0.2) is 0 Å². The van der Waals surface area contributed by atoms with Crippen molar-refractivity contribution in [3.8, 4) is 17.9 Å². The molecule has 2 aromatic carbocycles. The second-order valence-corrected chi connectivity index (χ2v) is 7.32. The van der Waals surface area contributed by atoms with E-state index in [9.17, 15) is 10.4 Å². The molecule has 2 bridgehead atoms. The Labute approximate surface area is 163 Å². The Morgan fingerprint density at radius 2 is 1.48 bits per heavy atom. The summed E-state index contributed by atoms with van der Waals surface area (Å²) in [6.07, 6.45) is 1.95. The van der Waals surface area contributed by atoms with E-state index in [1.807, 2.05) is 60.7 Å². The first kappa shape index (κ1) is 19.2. The van der Waals surface area contributed by atoms with Crippen LogP contribution in [-0.4, -0.2) is 43.7 Å². The summed E-state index contributed by atoms with van der Waals surface area (Å²) in [5.41, 5.74) is -0.427. The smallest absolute Gasteiger partial charge is 0.167 e. The van der Waals surface area contributed by atoms with Crippen molar-refractivity contribution < 1.29 is 5.11 Å². The van der Waals surface area contributed by atoms with Crippen molar-refractivity contribution in [1.29, 1.82) is 5.26 Å². The predicted molar refractivity (Wildman–Crippen MR) is 107 cm³/mol. The molecule has 3 aliphatic heterocycles. The third-order valence-electron chi connectivity index (χ3n) is 5.78. The van der Waals surface area contributed by atoms with E-state index in [0.717, 1.165) is 37.1 Å². The van der Waals surface area contributed by atoms with Crippen LogP contribution in [0.1, 0.15) is 24.0 Å². The van der Waals surface area contributed by atoms with Crippen LogP contribution in [0.15, 0.2) is 60.7 Å². The van der Waals surface area contributed by atoms with Gasteiger partial charge in [-0.05, 0) is 37.1 Å². The van der Waals surface area contributed by atoms with E-state index in [-0.39, 0.29) is 14.3 Å². The van der Waals surface area contributed by atoms with Crippen LogP contribution >= 0.6 is 0 Å². The van der Waals surface area contributed by atoms with Gasteiger partial charge >= 0.3 is 0 Å². The SMILES string of the molecule is N#CC(C#CC1(O)CN2CCC1CC2)(c1ccccc1)c1ccccc1.[B]. The number of piperidine rings is 3. The van der Waals surface area contributed by atoms with Crippen LogP contribution in [0.3, 0.4) is 0 Å². The van der Waals surface area contributed by atoms with Crippen molar-refractivity contribution in [3.63, 3.8) is 0 Å². The first-order valence-corrected chi connectivity index (χ1v) is 9.18. The van der Waals surface area contributed by atoms with E-state index < -0.39 is 11.0 Å². The van der Waals surface area contributed by atoms with Gasteiger partial charge in [0.25, 0.3) is 0 Å². The van der Waals surface area contributed by atoms with Crippen LogP contribution in [0, 0.1) is 29.1 Å². The van der Waals surface area contributed by atoms with E-state index in [1.54, 1.807) is 0 Å². The van der Waals surface area contributed by atoms with Gasteiger partial charge in [-0.15, -0.1) is 0 Å². The van der Waals surface area contributed by atoms with Gasteiger partial charge in [0.15, 0.2) is 5.41 Å². The summed E-state index contributed by atoms with van der Waals surface area (Å²) in [5, 5.41) is 21.4. The summed E-state index contributed by atoms with van der Waals surface area (Å²) >= 11 is 0. The number of hydrogen-bond donors (Lipinski definition) is 1. The molecule has 0 spiro atoms. The van der Waals surface area contributed by atoms with Crippen molar-refractivity contribution in [1.82, 2.24) is 4.90 Å². The van der Waals surface area contributed by atoms with Crippen molar-refractivity contribution >= 4 is 8.41 Å². The summed E-state index contributed by atoms with van der Waals surface area (Å²) in [6, 6.07) is 21.8. The molecule has 4 heteroatoms. The highest BCUT2D eigenvalue weighted by atomic mass is 16.3. The minimum atomic E-state index is -1.08. The van der Waals surface area contributed by atoms with Gasteiger partial charge in [0.1, 0.15) is 5.60 Å². The van der Waals surface area contributed by atoms with E-state index >= 15 is 0 Å². The lowest BCUT2D eigenvalue weighted by molar-refractivity contribution is -0.0714. The highest BCUT2D eigenvalue weighted by Gasteiger charge is 2.45. The Morgan fingerprint density at radius 1 is 0.963 bits per heavy atom. The number of benzene rings is 2. The number of aliphatic hydroxyl groups is 1. The Morgan fingerprint density at radius 3 is 1.89 bits per heavy atom. The first-order chi connectivity index (χ1) is 12.7. The molecule has 5 rings (SSSR count). The molecule has 2 aromatic rings. The van der Waals surface area contributed by atoms with Crippen LogP contribution in [0.2, 0.25) is 0 Å². The number of hydrogen-bond acceptors (Lipinski definition) is 3. The van der Waals surface area contributed by atoms with Crippen LogP contribution in [-0.2, 0) is 5.41 Å². The summed E-state index contributed by atoms with van der Waals surface area (Å²) in [7, 11) is 0. The Kier molecular flexibility index (Phi) is 5.42. The zero-order valence-electron chi connectivity index (χ0n) is 15.3. The summed E-state index contributed by atoms with van der Waals surface area (Å²) in [5.74, 6) is 6.58. The van der Waals surface area contributed by atoms with E-state index in [2.05, 4.69) is 22.8 Å². The molecule has 0 aromatic heterocycles. The average molecular weight is 353 g/mol. The molecule has 3 aliphatic rings. The van der Waals surface area contributed by atoms with Gasteiger partial charge in [-0.2, -0.15) is 5.26 Å². The molecule has 3 heterocycles. The maximum Gasteiger partial charge on any atom is 0.167 e. The Hall–Kier alpha value is -2.53. The molecule has 0 saturated carbocycles. The normalized spacial score (nSPS) is 26.2. The summed E-state index contributed by atoms with van der Waals surface area (Å²) in [6.45, 7) is 2.65. The monoisotopic (exact) mass is 353 g/mol. The Balaban J connectivity index is 0.00000210. The molecule has 3 saturated heterocycles. The van der Waals surface area contributed by atoms with Gasteiger partial charge in [-0.3, -0.25) is 4.90 Å². The number of fused-ring (bicyclic) bond motifs is 3. The van der Waals surface area contributed by atoms with Crippen molar-refractivity contribution in [2.45, 2.75) is 23.9 Å². The lowest BCUT2D eigenvalue weighted by atomic mass is 9.72. The van der Waals surface area contributed by atoms with Crippen LogP contribution in [0.5, 0.6) is 0 Å². The highest BCUT2D eigenvalue weighted by Crippen LogP contribution is 2.37. The minimum Gasteiger partial charge on any atom is -0.376 e. The van der Waals surface area contributed by atoms with Crippen molar-refractivity contribution in [2.24, 2.45) is 5.92 Å². The summed E-state index contributed by atoms with van der Waals surface area (Å²) in [4.78, 5) is 2.27. The van der Waals surface area contributed by atoms with Gasteiger partial charge < -0.3 is 5.11 Å². The highest BCUT2D eigenvalue weighted by molar-refractivity contribution is 5.75. The Bertz CT molecular complexity index is 834. The lowest BCUT2D eigenvalue weighted by Crippen LogP contribution is -2.58. The molecule has 133 valence electrons. The quantitative estimate of drug-likeness (QED) is 0.667. The number of nitriles is 1. The molecule has 0 amide bonds. The summed E-state index contributed by atoms with van der Waals surface area (Å²) < 4.78 is 0. The molecule has 1 unspecified atom stereocenters. The minimum absolute atomic E-state index is 0. The second-order valence-electron chi connectivity index (χ2n) is 7.32. The first-order valence-electron chi connectivity index (χ1n) is 9.18. The van der Waals surface area contributed by atoms with Crippen LogP contribution in [0.4, 0.5) is 0 Å². The zero-order chi connectivity index (χ0) is 18.0. The van der Waals surface area contributed by atoms with Gasteiger partial charge in [0.2, 0.25) is 0 Å². The van der Waals surface area contributed by atoms with Gasteiger partial charge in [0, 0.05) is 20.9 Å². The maximum atomic E-state index is 11.2. The largest absolute Gasteiger partial charge is 0.376 e. The van der Waals surface area contributed by atoms with Gasteiger partial charge in [0.05, 0.1) is 6.07 Å². The molecule has 3 nitrogen and oxygen atoms in total. The third kappa shape index (κ3) is 3.39. The average Bonchev–Trinajstić information content (AvgIpc) is 2.71. The van der Waals surface area contributed by atoms with Crippen LogP contribution < -0.4 is 0 Å². The fraction of sp³-hybridized carbons (Fsp3) is 0.348. The van der Waals surface area contributed by atoms with Crippen molar-refractivity contribution in [2.75, 3.05) is 19.6 Å². The zero-order valence-corrected chi connectivity index (χ0v) is 15.3. The van der Waals surface area contributed by atoms with E-state index in [1.165, 1.54) is 0 Å². The molecule has 0 aliphatic carbocycles. The van der Waals surface area contributed by atoms with Crippen LogP contribution in [0.25, 0.3) is 0 Å².